The van der Waals surface area contributed by atoms with E-state index in [1.807, 2.05) is 0 Å². The topological polar surface area (TPSA) is 30.5 Å². The summed E-state index contributed by atoms with van der Waals surface area (Å²) in [4.78, 5) is 0. The minimum atomic E-state index is 0.342. The van der Waals surface area contributed by atoms with E-state index in [9.17, 15) is 0 Å². The molecule has 1 aliphatic heterocycles. The molecule has 0 radical (unpaired) electrons. The van der Waals surface area contributed by atoms with Crippen LogP contribution in [0.15, 0.2) is 0 Å². The highest BCUT2D eigenvalue weighted by molar-refractivity contribution is 4.65. The summed E-state index contributed by atoms with van der Waals surface area (Å²) in [6.45, 7) is 7.95. The Kier molecular flexibility index (Phi) is 6.98. The van der Waals surface area contributed by atoms with Crippen molar-refractivity contribution < 1.29 is 9.47 Å². The van der Waals surface area contributed by atoms with Crippen molar-refractivity contribution in [2.75, 3.05) is 26.3 Å². The van der Waals surface area contributed by atoms with Gasteiger partial charge in [-0.1, -0.05) is 13.8 Å². The molecule has 0 aromatic heterocycles. The van der Waals surface area contributed by atoms with Gasteiger partial charge in [-0.3, -0.25) is 0 Å². The van der Waals surface area contributed by atoms with Crippen molar-refractivity contribution in [2.24, 2.45) is 0 Å². The third kappa shape index (κ3) is 5.50. The lowest BCUT2D eigenvalue weighted by Gasteiger charge is -2.25. The van der Waals surface area contributed by atoms with Crippen LogP contribution in [0.4, 0.5) is 0 Å². The minimum Gasteiger partial charge on any atom is -0.376 e. The van der Waals surface area contributed by atoms with Crippen LogP contribution < -0.4 is 5.32 Å². The zero-order chi connectivity index (χ0) is 10.9. The molecule has 1 saturated heterocycles. The molecule has 2 atom stereocenters. The van der Waals surface area contributed by atoms with Gasteiger partial charge in [0.05, 0.1) is 18.8 Å². The summed E-state index contributed by atoms with van der Waals surface area (Å²) in [5.74, 6) is 0. The standard InChI is InChI=1S/C12H25NO2/c1-3-11(9-13-4-2)15-10-12-7-5-6-8-14-12/h11-13H,3-10H2,1-2H3. The quantitative estimate of drug-likeness (QED) is 0.704. The lowest BCUT2D eigenvalue weighted by Crippen LogP contribution is -2.32. The average molecular weight is 215 g/mol. The molecule has 1 aliphatic rings. The predicted molar refractivity (Wildman–Crippen MR) is 62.2 cm³/mol. The van der Waals surface area contributed by atoms with Gasteiger partial charge in [-0.05, 0) is 32.2 Å². The molecule has 0 aliphatic carbocycles. The fourth-order valence-electron chi connectivity index (χ4n) is 1.81. The van der Waals surface area contributed by atoms with Crippen LogP contribution in [0.25, 0.3) is 0 Å². The van der Waals surface area contributed by atoms with Crippen LogP contribution in [0.1, 0.15) is 39.5 Å². The Morgan fingerprint density at radius 2 is 2.27 bits per heavy atom. The number of hydrogen-bond donors (Lipinski definition) is 1. The average Bonchev–Trinajstić information content (AvgIpc) is 2.31. The minimum absolute atomic E-state index is 0.342. The highest BCUT2D eigenvalue weighted by Crippen LogP contribution is 2.13. The molecule has 0 amide bonds. The van der Waals surface area contributed by atoms with Gasteiger partial charge in [0.25, 0.3) is 0 Å². The van der Waals surface area contributed by atoms with E-state index in [2.05, 4.69) is 19.2 Å². The molecule has 0 bridgehead atoms. The van der Waals surface area contributed by atoms with Crippen molar-refractivity contribution >= 4 is 0 Å². The first-order valence-electron chi connectivity index (χ1n) is 6.30. The van der Waals surface area contributed by atoms with Crippen molar-refractivity contribution in [1.82, 2.24) is 5.32 Å². The Morgan fingerprint density at radius 3 is 2.87 bits per heavy atom. The van der Waals surface area contributed by atoms with Crippen LogP contribution in [0.3, 0.4) is 0 Å². The largest absolute Gasteiger partial charge is 0.376 e. The molecule has 1 fully saturated rings. The molecule has 1 N–H and O–H groups in total. The van der Waals surface area contributed by atoms with Gasteiger partial charge < -0.3 is 14.8 Å². The molecule has 3 nitrogen and oxygen atoms in total. The van der Waals surface area contributed by atoms with Crippen molar-refractivity contribution in [3.05, 3.63) is 0 Å². The van der Waals surface area contributed by atoms with E-state index in [0.717, 1.165) is 39.1 Å². The molecule has 0 aromatic rings. The van der Waals surface area contributed by atoms with E-state index in [0.29, 0.717) is 12.2 Å². The lowest BCUT2D eigenvalue weighted by atomic mass is 10.1. The van der Waals surface area contributed by atoms with Crippen molar-refractivity contribution in [3.63, 3.8) is 0 Å². The summed E-state index contributed by atoms with van der Waals surface area (Å²) < 4.78 is 11.5. The monoisotopic (exact) mass is 215 g/mol. The van der Waals surface area contributed by atoms with Gasteiger partial charge in [-0.2, -0.15) is 0 Å². The fourth-order valence-corrected chi connectivity index (χ4v) is 1.81. The molecule has 15 heavy (non-hydrogen) atoms. The zero-order valence-electron chi connectivity index (χ0n) is 10.1. The molecule has 3 heteroatoms. The van der Waals surface area contributed by atoms with Gasteiger partial charge in [0, 0.05) is 13.2 Å². The van der Waals surface area contributed by atoms with Crippen LogP contribution in [0.2, 0.25) is 0 Å². The first-order chi connectivity index (χ1) is 7.36. The Balaban J connectivity index is 2.09. The second-order valence-electron chi connectivity index (χ2n) is 4.16. The summed E-state index contributed by atoms with van der Waals surface area (Å²) in [6, 6.07) is 0. The van der Waals surface area contributed by atoms with Crippen LogP contribution in [0, 0.1) is 0 Å². The maximum atomic E-state index is 5.85. The van der Waals surface area contributed by atoms with Crippen LogP contribution in [-0.2, 0) is 9.47 Å². The second kappa shape index (κ2) is 8.08. The molecule has 2 unspecified atom stereocenters. The molecule has 0 saturated carbocycles. The van der Waals surface area contributed by atoms with Crippen molar-refractivity contribution in [3.8, 4) is 0 Å². The SMILES string of the molecule is CCNCC(CC)OCC1CCCCO1. The number of ether oxygens (including phenoxy) is 2. The van der Waals surface area contributed by atoms with E-state index in [1.165, 1.54) is 12.8 Å². The molecule has 90 valence electrons. The number of nitrogens with one attached hydrogen (secondary N) is 1. The third-order valence-corrected chi connectivity index (χ3v) is 2.87. The van der Waals surface area contributed by atoms with Gasteiger partial charge in [0.2, 0.25) is 0 Å². The number of likely N-dealkylation sites (N-methyl/N-ethyl adjacent to an activating group) is 1. The summed E-state index contributed by atoms with van der Waals surface area (Å²) in [7, 11) is 0. The van der Waals surface area contributed by atoms with E-state index in [1.54, 1.807) is 0 Å². The molecule has 0 spiro atoms. The molecule has 1 rings (SSSR count). The Morgan fingerprint density at radius 1 is 1.40 bits per heavy atom. The highest BCUT2D eigenvalue weighted by atomic mass is 16.5. The van der Waals surface area contributed by atoms with Gasteiger partial charge in [-0.15, -0.1) is 0 Å². The summed E-state index contributed by atoms with van der Waals surface area (Å²) >= 11 is 0. The highest BCUT2D eigenvalue weighted by Gasteiger charge is 2.15. The summed E-state index contributed by atoms with van der Waals surface area (Å²) in [5.41, 5.74) is 0. The van der Waals surface area contributed by atoms with E-state index in [4.69, 9.17) is 9.47 Å². The lowest BCUT2D eigenvalue weighted by molar-refractivity contribution is -0.0628. The molecular weight excluding hydrogens is 190 g/mol. The van der Waals surface area contributed by atoms with Crippen LogP contribution in [0.5, 0.6) is 0 Å². The number of hydrogen-bond acceptors (Lipinski definition) is 3. The maximum absolute atomic E-state index is 5.85. The Hall–Kier alpha value is -0.120. The molecule has 1 heterocycles. The molecule has 0 aromatic carbocycles. The number of rotatable bonds is 7. The van der Waals surface area contributed by atoms with Gasteiger partial charge in [0.15, 0.2) is 0 Å². The maximum Gasteiger partial charge on any atom is 0.0808 e. The fraction of sp³-hybridized carbons (Fsp3) is 1.00. The van der Waals surface area contributed by atoms with Crippen LogP contribution in [-0.4, -0.2) is 38.5 Å². The summed E-state index contributed by atoms with van der Waals surface area (Å²) in [6.07, 6.45) is 5.42. The third-order valence-electron chi connectivity index (χ3n) is 2.87. The van der Waals surface area contributed by atoms with E-state index < -0.39 is 0 Å². The smallest absolute Gasteiger partial charge is 0.0808 e. The van der Waals surface area contributed by atoms with E-state index >= 15 is 0 Å². The first kappa shape index (κ1) is 12.9. The first-order valence-corrected chi connectivity index (χ1v) is 6.30. The summed E-state index contributed by atoms with van der Waals surface area (Å²) in [5, 5.41) is 3.32. The van der Waals surface area contributed by atoms with Gasteiger partial charge >= 0.3 is 0 Å². The predicted octanol–water partition coefficient (Wildman–Crippen LogP) is 1.96. The van der Waals surface area contributed by atoms with Crippen LogP contribution >= 0.6 is 0 Å². The zero-order valence-corrected chi connectivity index (χ0v) is 10.1. The van der Waals surface area contributed by atoms with Crippen molar-refractivity contribution in [2.45, 2.75) is 51.7 Å². The van der Waals surface area contributed by atoms with Gasteiger partial charge in [0.1, 0.15) is 0 Å². The normalized spacial score (nSPS) is 24.0. The Labute approximate surface area is 93.5 Å². The molecular formula is C12H25NO2. The van der Waals surface area contributed by atoms with Crippen molar-refractivity contribution in [1.29, 1.82) is 0 Å². The Bertz CT molecular complexity index is 147. The second-order valence-corrected chi connectivity index (χ2v) is 4.16. The van der Waals surface area contributed by atoms with E-state index in [-0.39, 0.29) is 0 Å². The van der Waals surface area contributed by atoms with Gasteiger partial charge in [-0.25, -0.2) is 0 Å².